The number of Topliss-reactive ketones (excluding diaryl/α,β-unsaturated/α-hetero) is 1. The molecule has 2 N–H and O–H groups in total. The van der Waals surface area contributed by atoms with Crippen LogP contribution in [0.1, 0.15) is 48.9 Å². The monoisotopic (exact) mass is 395 g/mol. The van der Waals surface area contributed by atoms with Crippen LogP contribution in [0.2, 0.25) is 0 Å². The third-order valence-corrected chi connectivity index (χ3v) is 7.36. The molecule has 4 saturated carbocycles. The number of sulfonamides is 1. The summed E-state index contributed by atoms with van der Waals surface area (Å²) in [5.74, 6) is -0.152. The molecular formula is C19H22FNO5S. The van der Waals surface area contributed by atoms with Crippen LogP contribution in [0.4, 0.5) is 4.39 Å². The molecule has 27 heavy (non-hydrogen) atoms. The number of esters is 1. The molecule has 8 heteroatoms. The molecule has 0 aliphatic heterocycles. The second-order valence-electron chi connectivity index (χ2n) is 8.39. The highest BCUT2D eigenvalue weighted by Gasteiger charge is 2.54. The lowest BCUT2D eigenvalue weighted by molar-refractivity contribution is -0.147. The highest BCUT2D eigenvalue weighted by molar-refractivity contribution is 7.89. The first-order chi connectivity index (χ1) is 12.7. The molecular weight excluding hydrogens is 373 g/mol. The molecule has 0 amide bonds. The smallest absolute Gasteiger partial charge is 0.338 e. The third-order valence-electron chi connectivity index (χ3n) is 6.44. The van der Waals surface area contributed by atoms with Crippen LogP contribution >= 0.6 is 0 Å². The van der Waals surface area contributed by atoms with Crippen LogP contribution in [0.25, 0.3) is 0 Å². The summed E-state index contributed by atoms with van der Waals surface area (Å²) in [7, 11) is -4.30. The van der Waals surface area contributed by atoms with E-state index >= 15 is 0 Å². The highest BCUT2D eigenvalue weighted by atomic mass is 32.2. The predicted octanol–water partition coefficient (Wildman–Crippen LogP) is 2.42. The lowest BCUT2D eigenvalue weighted by Crippen LogP contribution is -2.51. The average Bonchev–Trinajstić information content (AvgIpc) is 2.57. The van der Waals surface area contributed by atoms with Crippen LogP contribution in [-0.2, 0) is 19.6 Å². The molecule has 4 fully saturated rings. The topological polar surface area (TPSA) is 104 Å². The number of hydrogen-bond donors (Lipinski definition) is 1. The zero-order chi connectivity index (χ0) is 19.4. The van der Waals surface area contributed by atoms with Gasteiger partial charge >= 0.3 is 5.97 Å². The van der Waals surface area contributed by atoms with E-state index in [1.165, 1.54) is 19.3 Å². The van der Waals surface area contributed by atoms with Crippen molar-refractivity contribution in [3.05, 3.63) is 29.6 Å². The Balaban J connectivity index is 1.45. The van der Waals surface area contributed by atoms with Gasteiger partial charge in [0.25, 0.3) is 0 Å². The van der Waals surface area contributed by atoms with Gasteiger partial charge in [-0.3, -0.25) is 4.79 Å². The number of halogens is 1. The van der Waals surface area contributed by atoms with Gasteiger partial charge in [0, 0.05) is 5.41 Å². The van der Waals surface area contributed by atoms with Gasteiger partial charge in [0.2, 0.25) is 10.0 Å². The normalized spacial score (nSPS) is 31.7. The summed E-state index contributed by atoms with van der Waals surface area (Å²) < 4.78 is 41.5. The van der Waals surface area contributed by atoms with Crippen molar-refractivity contribution in [3.8, 4) is 0 Å². The second kappa shape index (κ2) is 6.38. The quantitative estimate of drug-likeness (QED) is 0.771. The number of nitrogens with two attached hydrogens (primary N) is 1. The Morgan fingerprint density at radius 1 is 1.11 bits per heavy atom. The minimum atomic E-state index is -4.30. The van der Waals surface area contributed by atoms with E-state index in [1.54, 1.807) is 0 Å². The molecule has 0 spiro atoms. The Morgan fingerprint density at radius 2 is 1.67 bits per heavy atom. The van der Waals surface area contributed by atoms with E-state index in [4.69, 9.17) is 9.88 Å². The van der Waals surface area contributed by atoms with Gasteiger partial charge in [-0.1, -0.05) is 0 Å². The van der Waals surface area contributed by atoms with Crippen LogP contribution in [0.15, 0.2) is 23.1 Å². The number of ketones is 1. The van der Waals surface area contributed by atoms with E-state index in [2.05, 4.69) is 0 Å². The van der Waals surface area contributed by atoms with E-state index in [0.717, 1.165) is 37.5 Å². The van der Waals surface area contributed by atoms with Crippen LogP contribution in [-0.4, -0.2) is 26.8 Å². The molecule has 0 unspecified atom stereocenters. The van der Waals surface area contributed by atoms with Crippen molar-refractivity contribution in [2.45, 2.75) is 43.4 Å². The largest absolute Gasteiger partial charge is 0.454 e. The van der Waals surface area contributed by atoms with Crippen LogP contribution < -0.4 is 5.14 Å². The molecule has 4 aliphatic rings. The first kappa shape index (κ1) is 18.6. The fourth-order valence-corrected chi connectivity index (χ4v) is 6.30. The number of carbonyl (C=O) groups excluding carboxylic acids is 2. The zero-order valence-corrected chi connectivity index (χ0v) is 15.6. The van der Waals surface area contributed by atoms with E-state index in [0.29, 0.717) is 17.8 Å². The Labute approximate surface area is 157 Å². The van der Waals surface area contributed by atoms with Crippen molar-refractivity contribution < 1.29 is 27.1 Å². The first-order valence-electron chi connectivity index (χ1n) is 9.19. The van der Waals surface area contributed by atoms with Gasteiger partial charge in [-0.15, -0.1) is 0 Å². The molecule has 0 heterocycles. The predicted molar refractivity (Wildman–Crippen MR) is 93.7 cm³/mol. The van der Waals surface area contributed by atoms with Crippen LogP contribution in [0, 0.1) is 29.0 Å². The van der Waals surface area contributed by atoms with Gasteiger partial charge in [0.05, 0.1) is 5.56 Å². The van der Waals surface area contributed by atoms with Crippen LogP contribution in [0.3, 0.4) is 0 Å². The van der Waals surface area contributed by atoms with E-state index < -0.39 is 26.7 Å². The SMILES string of the molecule is NS(=O)(=O)c1cc(C(=O)OCC(=O)C23CC4CC(CC(C4)C2)C3)ccc1F. The maximum atomic E-state index is 13.6. The Morgan fingerprint density at radius 3 is 2.19 bits per heavy atom. The molecule has 6 nitrogen and oxygen atoms in total. The number of rotatable bonds is 5. The van der Waals surface area contributed by atoms with Crippen molar-refractivity contribution in [3.63, 3.8) is 0 Å². The minimum absolute atomic E-state index is 0.0521. The standard InChI is InChI=1S/C19H22FNO5S/c20-15-2-1-14(6-16(15)27(21,24)25)18(23)26-10-17(22)19-7-11-3-12(8-19)5-13(4-11)9-19/h1-2,6,11-13H,3-5,7-10H2,(H2,21,24,25). The second-order valence-corrected chi connectivity index (χ2v) is 9.92. The number of hydrogen-bond acceptors (Lipinski definition) is 5. The molecule has 1 aromatic carbocycles. The maximum Gasteiger partial charge on any atom is 0.338 e. The minimum Gasteiger partial charge on any atom is -0.454 e. The number of benzene rings is 1. The van der Waals surface area contributed by atoms with Crippen molar-refractivity contribution in [1.29, 1.82) is 0 Å². The van der Waals surface area contributed by atoms with Gasteiger partial charge in [-0.2, -0.15) is 0 Å². The number of primary sulfonamides is 1. The highest BCUT2D eigenvalue weighted by Crippen LogP contribution is 2.60. The summed E-state index contributed by atoms with van der Waals surface area (Å²) in [6.45, 7) is -0.340. The van der Waals surface area contributed by atoms with Crippen molar-refractivity contribution in [2.24, 2.45) is 28.3 Å². The average molecular weight is 395 g/mol. The van der Waals surface area contributed by atoms with E-state index in [9.17, 15) is 22.4 Å². The Kier molecular flexibility index (Phi) is 4.38. The Bertz CT molecular complexity index is 875. The molecule has 0 saturated heterocycles. The van der Waals surface area contributed by atoms with Gasteiger partial charge in [0.1, 0.15) is 10.7 Å². The summed E-state index contributed by atoms with van der Waals surface area (Å²) in [5, 5.41) is 4.94. The lowest BCUT2D eigenvalue weighted by Gasteiger charge is -2.55. The summed E-state index contributed by atoms with van der Waals surface area (Å²) in [6, 6.07) is 2.79. The van der Waals surface area contributed by atoms with Crippen molar-refractivity contribution in [1.82, 2.24) is 0 Å². The maximum absolute atomic E-state index is 13.6. The fraction of sp³-hybridized carbons (Fsp3) is 0.579. The molecule has 0 radical (unpaired) electrons. The lowest BCUT2D eigenvalue weighted by atomic mass is 9.48. The Hall–Kier alpha value is -1.80. The molecule has 4 aliphatic carbocycles. The van der Waals surface area contributed by atoms with E-state index in [-0.39, 0.29) is 23.4 Å². The van der Waals surface area contributed by atoms with Gasteiger partial charge in [-0.25, -0.2) is 22.7 Å². The van der Waals surface area contributed by atoms with Gasteiger partial charge in [-0.05, 0) is 74.5 Å². The summed E-state index contributed by atoms with van der Waals surface area (Å²) in [4.78, 5) is 24.3. The zero-order valence-electron chi connectivity index (χ0n) is 14.8. The molecule has 146 valence electrons. The molecule has 4 bridgehead atoms. The van der Waals surface area contributed by atoms with Crippen molar-refractivity contribution in [2.75, 3.05) is 6.61 Å². The van der Waals surface area contributed by atoms with Crippen LogP contribution in [0.5, 0.6) is 0 Å². The van der Waals surface area contributed by atoms with Gasteiger partial charge < -0.3 is 4.74 Å². The first-order valence-corrected chi connectivity index (χ1v) is 10.7. The fourth-order valence-electron chi connectivity index (χ4n) is 5.67. The van der Waals surface area contributed by atoms with E-state index in [1.807, 2.05) is 0 Å². The summed E-state index contributed by atoms with van der Waals surface area (Å²) in [5.41, 5.74) is -0.525. The summed E-state index contributed by atoms with van der Waals surface area (Å²) in [6.07, 6.45) is 6.25. The molecule has 0 atom stereocenters. The summed E-state index contributed by atoms with van der Waals surface area (Å²) >= 11 is 0. The van der Waals surface area contributed by atoms with Gasteiger partial charge in [0.15, 0.2) is 12.4 Å². The number of ether oxygens (including phenoxy) is 1. The van der Waals surface area contributed by atoms with Crippen molar-refractivity contribution >= 4 is 21.8 Å². The molecule has 1 aromatic rings. The molecule has 0 aromatic heterocycles. The third kappa shape index (κ3) is 3.40. The number of carbonyl (C=O) groups is 2. The molecule has 5 rings (SSSR count).